The molecule has 0 saturated heterocycles. The van der Waals surface area contributed by atoms with Crippen molar-refractivity contribution in [1.29, 1.82) is 0 Å². The van der Waals surface area contributed by atoms with E-state index in [4.69, 9.17) is 0 Å². The molecule has 5 rings (SSSR count). The summed E-state index contributed by atoms with van der Waals surface area (Å²) in [6.45, 7) is 1.09. The van der Waals surface area contributed by atoms with Crippen LogP contribution in [-0.2, 0) is 9.59 Å². The number of carbonyl (C=O) groups excluding carboxylic acids is 2. The van der Waals surface area contributed by atoms with Crippen molar-refractivity contribution in [2.24, 2.45) is 23.2 Å². The zero-order valence-corrected chi connectivity index (χ0v) is 17.2. The second-order valence-corrected chi connectivity index (χ2v) is 9.25. The topological polar surface area (TPSA) is 113 Å². The Hall–Kier alpha value is -2.64. The third kappa shape index (κ3) is 4.42. The molecular formula is C22H30N4O4. The normalized spacial score (nSPS) is 28.7. The molecule has 30 heavy (non-hydrogen) atoms. The van der Waals surface area contributed by atoms with E-state index in [1.54, 1.807) is 18.2 Å². The second kappa shape index (κ2) is 8.62. The van der Waals surface area contributed by atoms with Gasteiger partial charge in [-0.25, -0.2) is 0 Å². The van der Waals surface area contributed by atoms with Gasteiger partial charge in [-0.05, 0) is 62.3 Å². The summed E-state index contributed by atoms with van der Waals surface area (Å²) in [4.78, 5) is 35.5. The number of nitrogens with one attached hydrogen (secondary N) is 3. The predicted octanol–water partition coefficient (Wildman–Crippen LogP) is 2.85. The fourth-order valence-corrected chi connectivity index (χ4v) is 6.14. The predicted molar refractivity (Wildman–Crippen MR) is 113 cm³/mol. The van der Waals surface area contributed by atoms with Crippen LogP contribution in [0.5, 0.6) is 0 Å². The lowest BCUT2D eigenvalue weighted by atomic mass is 9.49. The molecule has 0 radical (unpaired) electrons. The SMILES string of the molecule is O=C(CCNC(=O)C12CC3CC(CC(C3)C1)C2)NCCNc1ccccc1[N+](=O)[O-]. The molecule has 0 atom stereocenters. The van der Waals surface area contributed by atoms with Crippen LogP contribution in [0.3, 0.4) is 0 Å². The van der Waals surface area contributed by atoms with Gasteiger partial charge in [-0.3, -0.25) is 19.7 Å². The van der Waals surface area contributed by atoms with Gasteiger partial charge in [0.25, 0.3) is 5.69 Å². The number of anilines is 1. The van der Waals surface area contributed by atoms with Gasteiger partial charge in [0.05, 0.1) is 4.92 Å². The Morgan fingerprint density at radius 2 is 1.60 bits per heavy atom. The standard InChI is InChI=1S/C22H30N4O4/c27-20(24-8-7-23-18-3-1-2-4-19(18)26(29)30)5-6-25-21(28)22-12-15-9-16(13-22)11-17(10-15)14-22/h1-4,15-17,23H,5-14H2,(H,24,27)(H,25,28). The van der Waals surface area contributed by atoms with E-state index in [0.29, 0.717) is 25.3 Å². The minimum Gasteiger partial charge on any atom is -0.378 e. The van der Waals surface area contributed by atoms with Gasteiger partial charge < -0.3 is 16.0 Å². The zero-order valence-electron chi connectivity index (χ0n) is 17.2. The van der Waals surface area contributed by atoms with Crippen LogP contribution in [0.4, 0.5) is 11.4 Å². The van der Waals surface area contributed by atoms with Crippen molar-refractivity contribution in [3.63, 3.8) is 0 Å². The average Bonchev–Trinajstić information content (AvgIpc) is 2.70. The Labute approximate surface area is 176 Å². The van der Waals surface area contributed by atoms with Crippen LogP contribution in [0.2, 0.25) is 0 Å². The fraction of sp³-hybridized carbons (Fsp3) is 0.636. The highest BCUT2D eigenvalue weighted by Gasteiger charge is 2.54. The van der Waals surface area contributed by atoms with Crippen LogP contribution in [0, 0.1) is 33.3 Å². The highest BCUT2D eigenvalue weighted by atomic mass is 16.6. The van der Waals surface area contributed by atoms with Crippen molar-refractivity contribution in [2.45, 2.75) is 44.9 Å². The number of amides is 2. The number of nitro groups is 1. The summed E-state index contributed by atoms with van der Waals surface area (Å²) in [7, 11) is 0. The summed E-state index contributed by atoms with van der Waals surface area (Å²) in [5, 5.41) is 19.8. The van der Waals surface area contributed by atoms with Gasteiger partial charge >= 0.3 is 0 Å². The minimum absolute atomic E-state index is 0.0104. The first kappa shape index (κ1) is 20.6. The van der Waals surface area contributed by atoms with Crippen LogP contribution in [0.1, 0.15) is 44.9 Å². The van der Waals surface area contributed by atoms with Crippen LogP contribution in [0.15, 0.2) is 24.3 Å². The summed E-state index contributed by atoms with van der Waals surface area (Å²) in [5.41, 5.74) is 0.260. The quantitative estimate of drug-likeness (QED) is 0.327. The van der Waals surface area contributed by atoms with Gasteiger partial charge in [0.1, 0.15) is 5.69 Å². The van der Waals surface area contributed by atoms with E-state index in [9.17, 15) is 19.7 Å². The molecule has 0 spiro atoms. The molecule has 8 heteroatoms. The van der Waals surface area contributed by atoms with Gasteiger partial charge in [0.2, 0.25) is 11.8 Å². The molecule has 4 aliphatic carbocycles. The van der Waals surface area contributed by atoms with Crippen molar-refractivity contribution in [3.05, 3.63) is 34.4 Å². The number of benzene rings is 1. The van der Waals surface area contributed by atoms with Crippen molar-refractivity contribution in [3.8, 4) is 0 Å². The number of nitrogens with zero attached hydrogens (tertiary/aromatic N) is 1. The summed E-state index contributed by atoms with van der Waals surface area (Å²) in [5.74, 6) is 2.17. The lowest BCUT2D eigenvalue weighted by Crippen LogP contribution is -2.53. The maximum atomic E-state index is 12.9. The Kier molecular flexibility index (Phi) is 5.92. The molecule has 162 valence electrons. The molecule has 1 aromatic rings. The van der Waals surface area contributed by atoms with Crippen molar-refractivity contribution < 1.29 is 14.5 Å². The fourth-order valence-electron chi connectivity index (χ4n) is 6.14. The molecule has 0 unspecified atom stereocenters. The first-order valence-corrected chi connectivity index (χ1v) is 11.0. The molecular weight excluding hydrogens is 384 g/mol. The van der Waals surface area contributed by atoms with Crippen LogP contribution in [-0.4, -0.2) is 36.4 Å². The van der Waals surface area contributed by atoms with E-state index in [1.807, 2.05) is 0 Å². The van der Waals surface area contributed by atoms with Crippen LogP contribution < -0.4 is 16.0 Å². The van der Waals surface area contributed by atoms with Gasteiger partial charge in [0.15, 0.2) is 0 Å². The Morgan fingerprint density at radius 3 is 2.23 bits per heavy atom. The smallest absolute Gasteiger partial charge is 0.292 e. The molecule has 0 heterocycles. The Balaban J connectivity index is 1.15. The lowest BCUT2D eigenvalue weighted by molar-refractivity contribution is -0.384. The van der Waals surface area contributed by atoms with E-state index in [1.165, 1.54) is 25.3 Å². The number of hydrogen-bond donors (Lipinski definition) is 3. The zero-order chi connectivity index (χ0) is 21.1. The molecule has 0 aromatic heterocycles. The molecule has 0 aliphatic heterocycles. The molecule has 1 aromatic carbocycles. The highest BCUT2D eigenvalue weighted by molar-refractivity contribution is 5.84. The summed E-state index contributed by atoms with van der Waals surface area (Å²) >= 11 is 0. The minimum atomic E-state index is -0.437. The number of para-hydroxylation sites is 2. The summed E-state index contributed by atoms with van der Waals surface area (Å²) in [6.07, 6.45) is 7.21. The molecule has 8 nitrogen and oxygen atoms in total. The Bertz CT molecular complexity index is 790. The third-order valence-corrected chi connectivity index (χ3v) is 7.02. The lowest BCUT2D eigenvalue weighted by Gasteiger charge is -2.55. The van der Waals surface area contributed by atoms with E-state index in [-0.39, 0.29) is 29.3 Å². The summed E-state index contributed by atoms with van der Waals surface area (Å²) < 4.78 is 0. The third-order valence-electron chi connectivity index (χ3n) is 7.02. The van der Waals surface area contributed by atoms with Crippen molar-refractivity contribution >= 4 is 23.2 Å². The maximum Gasteiger partial charge on any atom is 0.292 e. The van der Waals surface area contributed by atoms with E-state index in [0.717, 1.165) is 37.0 Å². The van der Waals surface area contributed by atoms with E-state index < -0.39 is 4.92 Å². The van der Waals surface area contributed by atoms with Gasteiger partial charge in [-0.1, -0.05) is 12.1 Å². The highest BCUT2D eigenvalue weighted by Crippen LogP contribution is 2.60. The van der Waals surface area contributed by atoms with Gasteiger partial charge in [-0.2, -0.15) is 0 Å². The maximum absolute atomic E-state index is 12.9. The van der Waals surface area contributed by atoms with Gasteiger partial charge in [0, 0.05) is 37.5 Å². The molecule has 3 N–H and O–H groups in total. The number of carbonyl (C=O) groups is 2. The molecule has 4 aliphatic rings. The number of nitro benzene ring substituents is 1. The summed E-state index contributed by atoms with van der Waals surface area (Å²) in [6, 6.07) is 6.41. The molecule has 2 amide bonds. The average molecular weight is 415 g/mol. The van der Waals surface area contributed by atoms with Crippen molar-refractivity contribution in [2.75, 3.05) is 25.0 Å². The number of hydrogen-bond acceptors (Lipinski definition) is 5. The van der Waals surface area contributed by atoms with Crippen LogP contribution in [0.25, 0.3) is 0 Å². The first-order chi connectivity index (χ1) is 14.4. The molecule has 4 bridgehead atoms. The van der Waals surface area contributed by atoms with Crippen LogP contribution >= 0.6 is 0 Å². The van der Waals surface area contributed by atoms with E-state index >= 15 is 0 Å². The molecule has 4 fully saturated rings. The molecule has 4 saturated carbocycles. The largest absolute Gasteiger partial charge is 0.378 e. The van der Waals surface area contributed by atoms with E-state index in [2.05, 4.69) is 16.0 Å². The monoisotopic (exact) mass is 414 g/mol. The van der Waals surface area contributed by atoms with Gasteiger partial charge in [-0.15, -0.1) is 0 Å². The van der Waals surface area contributed by atoms with Crippen molar-refractivity contribution in [1.82, 2.24) is 10.6 Å². The first-order valence-electron chi connectivity index (χ1n) is 11.0. The number of rotatable bonds is 9. The second-order valence-electron chi connectivity index (χ2n) is 9.25. The Morgan fingerprint density at radius 1 is 0.967 bits per heavy atom.